The largest absolute Gasteiger partial charge is 0.323 e. The molecule has 0 fully saturated rings. The van der Waals surface area contributed by atoms with E-state index in [-0.39, 0.29) is 11.7 Å². The lowest BCUT2D eigenvalue weighted by Crippen LogP contribution is -2.25. The SMILES string of the molecule is CCC(=O)NC1=C(CCCCCCl)c2ccccc2C1=O. The first-order valence-corrected chi connectivity index (χ1v) is 7.95. The molecule has 4 heteroatoms. The van der Waals surface area contributed by atoms with Crippen molar-refractivity contribution in [2.45, 2.75) is 39.0 Å². The molecule has 0 aromatic heterocycles. The summed E-state index contributed by atoms with van der Waals surface area (Å²) in [4.78, 5) is 24.1. The van der Waals surface area contributed by atoms with Gasteiger partial charge < -0.3 is 5.32 Å². The maximum Gasteiger partial charge on any atom is 0.224 e. The molecule has 0 aliphatic heterocycles. The maximum absolute atomic E-state index is 12.5. The third-order valence-electron chi connectivity index (χ3n) is 3.67. The predicted octanol–water partition coefficient (Wildman–Crippen LogP) is 3.92. The Morgan fingerprint density at radius 2 is 1.86 bits per heavy atom. The van der Waals surface area contributed by atoms with E-state index in [4.69, 9.17) is 11.6 Å². The molecule has 0 heterocycles. The van der Waals surface area contributed by atoms with E-state index in [9.17, 15) is 9.59 Å². The van der Waals surface area contributed by atoms with Crippen LogP contribution in [0, 0.1) is 0 Å². The van der Waals surface area contributed by atoms with E-state index in [0.717, 1.165) is 36.8 Å². The van der Waals surface area contributed by atoms with Crippen LogP contribution in [0.4, 0.5) is 0 Å². The Morgan fingerprint density at radius 1 is 1.14 bits per heavy atom. The van der Waals surface area contributed by atoms with Crippen LogP contribution in [0.25, 0.3) is 5.57 Å². The molecule has 0 spiro atoms. The van der Waals surface area contributed by atoms with E-state index in [2.05, 4.69) is 5.32 Å². The van der Waals surface area contributed by atoms with Crippen LogP contribution in [0.3, 0.4) is 0 Å². The third kappa shape index (κ3) is 3.53. The van der Waals surface area contributed by atoms with Crippen molar-refractivity contribution in [2.24, 2.45) is 0 Å². The van der Waals surface area contributed by atoms with Crippen LogP contribution in [0.1, 0.15) is 54.9 Å². The summed E-state index contributed by atoms with van der Waals surface area (Å²) in [6.07, 6.45) is 4.13. The molecule has 2 rings (SSSR count). The van der Waals surface area contributed by atoms with Crippen molar-refractivity contribution in [3.05, 3.63) is 41.1 Å². The molecule has 1 aromatic carbocycles. The first-order valence-electron chi connectivity index (χ1n) is 7.42. The quantitative estimate of drug-likeness (QED) is 0.613. The average Bonchev–Trinajstić information content (AvgIpc) is 2.77. The first-order chi connectivity index (χ1) is 10.2. The Balaban J connectivity index is 2.25. The van der Waals surface area contributed by atoms with Gasteiger partial charge in [-0.2, -0.15) is 0 Å². The van der Waals surface area contributed by atoms with Gasteiger partial charge in [0.25, 0.3) is 0 Å². The number of rotatable bonds is 7. The number of unbranched alkanes of at least 4 members (excludes halogenated alkanes) is 2. The minimum absolute atomic E-state index is 0.0697. The van der Waals surface area contributed by atoms with Crippen LogP contribution in [0.15, 0.2) is 30.0 Å². The van der Waals surface area contributed by atoms with Crippen LogP contribution < -0.4 is 5.32 Å². The summed E-state index contributed by atoms with van der Waals surface area (Å²) >= 11 is 5.69. The smallest absolute Gasteiger partial charge is 0.224 e. The molecule has 0 atom stereocenters. The van der Waals surface area contributed by atoms with Crippen LogP contribution >= 0.6 is 11.6 Å². The lowest BCUT2D eigenvalue weighted by Gasteiger charge is -2.08. The molecule has 1 aromatic rings. The summed E-state index contributed by atoms with van der Waals surface area (Å²) < 4.78 is 0. The number of hydrogen-bond acceptors (Lipinski definition) is 2. The fourth-order valence-corrected chi connectivity index (χ4v) is 2.73. The first kappa shape index (κ1) is 15.8. The second-order valence-corrected chi connectivity index (χ2v) is 5.51. The van der Waals surface area contributed by atoms with E-state index in [0.29, 0.717) is 23.6 Å². The second-order valence-electron chi connectivity index (χ2n) is 5.13. The number of alkyl halides is 1. The third-order valence-corrected chi connectivity index (χ3v) is 3.94. The van der Waals surface area contributed by atoms with Gasteiger partial charge in [-0.1, -0.05) is 37.6 Å². The van der Waals surface area contributed by atoms with Crippen LogP contribution in [0.2, 0.25) is 0 Å². The Kier molecular flexibility index (Phi) is 5.57. The zero-order chi connectivity index (χ0) is 15.2. The Labute approximate surface area is 130 Å². The number of nitrogens with one attached hydrogen (secondary N) is 1. The zero-order valence-electron chi connectivity index (χ0n) is 12.2. The highest BCUT2D eigenvalue weighted by Gasteiger charge is 2.29. The molecule has 1 amide bonds. The number of amides is 1. The molecule has 0 saturated carbocycles. The van der Waals surface area contributed by atoms with Gasteiger partial charge in [0.05, 0.1) is 5.70 Å². The van der Waals surface area contributed by atoms with Gasteiger partial charge in [0.15, 0.2) is 0 Å². The number of allylic oxidation sites excluding steroid dienone is 2. The zero-order valence-corrected chi connectivity index (χ0v) is 13.0. The van der Waals surface area contributed by atoms with Crippen molar-refractivity contribution < 1.29 is 9.59 Å². The molecular weight excluding hydrogens is 286 g/mol. The summed E-state index contributed by atoms with van der Waals surface area (Å²) in [5.41, 5.74) is 3.08. The van der Waals surface area contributed by atoms with Crippen LogP contribution in [-0.4, -0.2) is 17.6 Å². The molecule has 0 bridgehead atoms. The number of carbonyl (C=O) groups excluding carboxylic acids is 2. The minimum atomic E-state index is -0.121. The fraction of sp³-hybridized carbons (Fsp3) is 0.412. The molecule has 21 heavy (non-hydrogen) atoms. The number of benzene rings is 1. The van der Waals surface area contributed by atoms with Crippen molar-refractivity contribution in [1.29, 1.82) is 0 Å². The van der Waals surface area contributed by atoms with Gasteiger partial charge in [0.2, 0.25) is 11.7 Å². The van der Waals surface area contributed by atoms with E-state index in [1.165, 1.54) is 0 Å². The molecule has 0 radical (unpaired) electrons. The van der Waals surface area contributed by atoms with Crippen LogP contribution in [0.5, 0.6) is 0 Å². The number of fused-ring (bicyclic) bond motifs is 1. The molecule has 1 N–H and O–H groups in total. The Morgan fingerprint density at radius 3 is 2.52 bits per heavy atom. The molecule has 0 saturated heterocycles. The number of carbonyl (C=O) groups is 2. The lowest BCUT2D eigenvalue weighted by molar-refractivity contribution is -0.120. The lowest BCUT2D eigenvalue weighted by atomic mass is 10.0. The Hall–Kier alpha value is -1.61. The maximum atomic E-state index is 12.5. The van der Waals surface area contributed by atoms with Crippen molar-refractivity contribution in [3.63, 3.8) is 0 Å². The van der Waals surface area contributed by atoms with Crippen LogP contribution in [-0.2, 0) is 4.79 Å². The molecule has 0 unspecified atom stereocenters. The Bertz CT molecular complexity index is 578. The fourth-order valence-electron chi connectivity index (χ4n) is 2.54. The van der Waals surface area contributed by atoms with Crippen molar-refractivity contribution >= 4 is 28.9 Å². The highest BCUT2D eigenvalue weighted by Crippen LogP contribution is 2.34. The molecule has 1 aliphatic carbocycles. The predicted molar refractivity (Wildman–Crippen MR) is 85.3 cm³/mol. The molecular formula is C17H20ClNO2. The van der Waals surface area contributed by atoms with Crippen molar-refractivity contribution in [3.8, 4) is 0 Å². The number of Topliss-reactive ketones (excluding diaryl/α,β-unsaturated/α-hetero) is 1. The van der Waals surface area contributed by atoms with E-state index in [1.54, 1.807) is 6.92 Å². The standard InChI is InChI=1S/C17H20ClNO2/c1-2-15(20)19-16-13(9-4-3-7-11-18)12-8-5-6-10-14(12)17(16)21/h5-6,8,10H,2-4,7,9,11H2,1H3,(H,19,20,21). The minimum Gasteiger partial charge on any atom is -0.323 e. The van der Waals surface area contributed by atoms with Gasteiger partial charge in [0, 0.05) is 17.9 Å². The van der Waals surface area contributed by atoms with Gasteiger partial charge in [-0.3, -0.25) is 9.59 Å². The van der Waals surface area contributed by atoms with E-state index < -0.39 is 0 Å². The second kappa shape index (κ2) is 7.41. The highest BCUT2D eigenvalue weighted by atomic mass is 35.5. The summed E-state index contributed by atoms with van der Waals surface area (Å²) in [6, 6.07) is 7.55. The summed E-state index contributed by atoms with van der Waals surface area (Å²) in [5.74, 6) is 0.470. The molecule has 1 aliphatic rings. The summed E-state index contributed by atoms with van der Waals surface area (Å²) in [7, 11) is 0. The van der Waals surface area contributed by atoms with Crippen molar-refractivity contribution in [2.75, 3.05) is 5.88 Å². The van der Waals surface area contributed by atoms with Gasteiger partial charge in [-0.05, 0) is 30.4 Å². The van der Waals surface area contributed by atoms with Gasteiger partial charge in [0.1, 0.15) is 0 Å². The average molecular weight is 306 g/mol. The molecule has 112 valence electrons. The van der Waals surface area contributed by atoms with E-state index >= 15 is 0 Å². The van der Waals surface area contributed by atoms with Gasteiger partial charge in [-0.25, -0.2) is 0 Å². The summed E-state index contributed by atoms with van der Waals surface area (Å²) in [5, 5.41) is 2.78. The number of hydrogen-bond donors (Lipinski definition) is 1. The monoisotopic (exact) mass is 305 g/mol. The summed E-state index contributed by atoms with van der Waals surface area (Å²) in [6.45, 7) is 1.78. The van der Waals surface area contributed by atoms with E-state index in [1.807, 2.05) is 24.3 Å². The normalized spacial score (nSPS) is 13.5. The number of ketones is 1. The highest BCUT2D eigenvalue weighted by molar-refractivity contribution is 6.21. The number of halogens is 1. The van der Waals surface area contributed by atoms with Crippen molar-refractivity contribution in [1.82, 2.24) is 5.32 Å². The molecule has 3 nitrogen and oxygen atoms in total. The van der Waals surface area contributed by atoms with Gasteiger partial charge >= 0.3 is 0 Å². The van der Waals surface area contributed by atoms with Gasteiger partial charge in [-0.15, -0.1) is 11.6 Å². The topological polar surface area (TPSA) is 46.2 Å².